The van der Waals surface area contributed by atoms with Crippen molar-refractivity contribution in [3.8, 4) is 0 Å². The maximum absolute atomic E-state index is 9.17. The number of likely N-dealkylation sites (tertiary alicyclic amines) is 1. The molecular formula is C21H25N3O. The highest BCUT2D eigenvalue weighted by Gasteiger charge is 2.23. The molecule has 0 atom stereocenters. The molecule has 4 rings (SSSR count). The fourth-order valence-corrected chi connectivity index (χ4v) is 3.95. The molecule has 0 aliphatic carbocycles. The molecule has 130 valence electrons. The number of piperidine rings is 1. The molecule has 4 nitrogen and oxygen atoms in total. The number of hydrogen-bond acceptors (Lipinski definition) is 3. The average Bonchev–Trinajstić information content (AvgIpc) is 3.11. The summed E-state index contributed by atoms with van der Waals surface area (Å²) in [5.74, 6) is 0.557. The van der Waals surface area contributed by atoms with Crippen LogP contribution in [0.25, 0.3) is 10.8 Å². The first-order chi connectivity index (χ1) is 12.3. The molecule has 25 heavy (non-hydrogen) atoms. The molecule has 0 spiro atoms. The summed E-state index contributed by atoms with van der Waals surface area (Å²) >= 11 is 0. The monoisotopic (exact) mass is 335 g/mol. The smallest absolute Gasteiger partial charge is 0.0644 e. The minimum absolute atomic E-state index is 0.148. The molecule has 4 heteroatoms. The van der Waals surface area contributed by atoms with Crippen LogP contribution in [0.2, 0.25) is 0 Å². The summed E-state index contributed by atoms with van der Waals surface area (Å²) in [5, 5.41) is 16.1. The number of nitrogens with zero attached hydrogens (tertiary/aromatic N) is 3. The summed E-state index contributed by atoms with van der Waals surface area (Å²) in [6.07, 6.45) is 4.17. The zero-order valence-electron chi connectivity index (χ0n) is 14.5. The summed E-state index contributed by atoms with van der Waals surface area (Å²) < 4.78 is 1.96. The quantitative estimate of drug-likeness (QED) is 0.777. The molecule has 2 heterocycles. The Morgan fingerprint density at radius 2 is 1.80 bits per heavy atom. The topological polar surface area (TPSA) is 41.3 Å². The summed E-state index contributed by atoms with van der Waals surface area (Å²) in [5.41, 5.74) is 2.67. The van der Waals surface area contributed by atoms with E-state index < -0.39 is 0 Å². The lowest BCUT2D eigenvalue weighted by atomic mass is 9.93. The number of aliphatic hydroxyl groups excluding tert-OH is 1. The number of aliphatic hydroxyl groups is 1. The van der Waals surface area contributed by atoms with Gasteiger partial charge in [0.05, 0.1) is 13.2 Å². The average molecular weight is 335 g/mol. The van der Waals surface area contributed by atoms with Crippen LogP contribution in [0.15, 0.2) is 54.7 Å². The third-order valence-electron chi connectivity index (χ3n) is 5.29. The lowest BCUT2D eigenvalue weighted by Crippen LogP contribution is -2.33. The van der Waals surface area contributed by atoms with Gasteiger partial charge in [0.15, 0.2) is 0 Å². The van der Waals surface area contributed by atoms with E-state index in [1.807, 2.05) is 10.9 Å². The van der Waals surface area contributed by atoms with Crippen molar-refractivity contribution in [1.29, 1.82) is 0 Å². The fraction of sp³-hybridized carbons (Fsp3) is 0.381. The molecule has 3 aromatic rings. The maximum Gasteiger partial charge on any atom is 0.0644 e. The lowest BCUT2D eigenvalue weighted by Gasteiger charge is -2.32. The molecule has 0 saturated carbocycles. The predicted molar refractivity (Wildman–Crippen MR) is 101 cm³/mol. The van der Waals surface area contributed by atoms with E-state index in [4.69, 9.17) is 0 Å². The van der Waals surface area contributed by atoms with Crippen LogP contribution in [-0.4, -0.2) is 39.5 Å². The largest absolute Gasteiger partial charge is 0.394 e. The summed E-state index contributed by atoms with van der Waals surface area (Å²) in [6, 6.07) is 17.5. The van der Waals surface area contributed by atoms with Gasteiger partial charge in [0.2, 0.25) is 0 Å². The SMILES string of the molecule is OCCn1nccc1C1CCN(Cc2ccc3ccccc3c2)CC1. The van der Waals surface area contributed by atoms with Crippen LogP contribution in [0.1, 0.15) is 30.0 Å². The van der Waals surface area contributed by atoms with Crippen molar-refractivity contribution < 1.29 is 5.11 Å². The van der Waals surface area contributed by atoms with Gasteiger partial charge in [0, 0.05) is 24.4 Å². The second kappa shape index (κ2) is 7.38. The number of aromatic nitrogens is 2. The number of fused-ring (bicyclic) bond motifs is 1. The second-order valence-corrected chi connectivity index (χ2v) is 6.93. The first kappa shape index (κ1) is 16.3. The summed E-state index contributed by atoms with van der Waals surface area (Å²) in [4.78, 5) is 2.55. The highest BCUT2D eigenvalue weighted by atomic mass is 16.3. The Balaban J connectivity index is 1.39. The van der Waals surface area contributed by atoms with Gasteiger partial charge in [0.1, 0.15) is 0 Å². The highest BCUT2D eigenvalue weighted by Crippen LogP contribution is 2.28. The van der Waals surface area contributed by atoms with E-state index in [-0.39, 0.29) is 6.61 Å². The lowest BCUT2D eigenvalue weighted by molar-refractivity contribution is 0.199. The van der Waals surface area contributed by atoms with Crippen molar-refractivity contribution in [3.63, 3.8) is 0 Å². The molecule has 0 bridgehead atoms. The normalized spacial score (nSPS) is 16.5. The Morgan fingerprint density at radius 1 is 1.00 bits per heavy atom. The van der Waals surface area contributed by atoms with Crippen LogP contribution < -0.4 is 0 Å². The Hall–Kier alpha value is -2.17. The minimum Gasteiger partial charge on any atom is -0.394 e. The first-order valence-electron chi connectivity index (χ1n) is 9.16. The minimum atomic E-state index is 0.148. The molecule has 1 N–H and O–H groups in total. The fourth-order valence-electron chi connectivity index (χ4n) is 3.95. The van der Waals surface area contributed by atoms with Crippen LogP contribution in [-0.2, 0) is 13.1 Å². The molecule has 1 saturated heterocycles. The molecule has 0 amide bonds. The molecule has 0 unspecified atom stereocenters. The molecule has 1 aromatic heterocycles. The zero-order valence-corrected chi connectivity index (χ0v) is 14.5. The number of rotatable bonds is 5. The highest BCUT2D eigenvalue weighted by molar-refractivity contribution is 5.82. The summed E-state index contributed by atoms with van der Waals surface area (Å²) in [7, 11) is 0. The molecule has 1 aliphatic rings. The van der Waals surface area contributed by atoms with Crippen molar-refractivity contribution in [2.75, 3.05) is 19.7 Å². The second-order valence-electron chi connectivity index (χ2n) is 6.93. The van der Waals surface area contributed by atoms with E-state index in [0.29, 0.717) is 12.5 Å². The van der Waals surface area contributed by atoms with E-state index in [9.17, 15) is 5.11 Å². The molecule has 0 radical (unpaired) electrons. The van der Waals surface area contributed by atoms with E-state index in [1.165, 1.54) is 22.0 Å². The van der Waals surface area contributed by atoms with Gasteiger partial charge in [-0.3, -0.25) is 9.58 Å². The standard InChI is InChI=1S/C21H25N3O/c25-14-13-24-21(7-10-22-24)19-8-11-23(12-9-19)16-17-5-6-18-3-1-2-4-20(18)15-17/h1-7,10,15,19,25H,8-9,11-14,16H2. The van der Waals surface area contributed by atoms with Crippen LogP contribution in [0.5, 0.6) is 0 Å². The van der Waals surface area contributed by atoms with Gasteiger partial charge in [-0.25, -0.2) is 0 Å². The van der Waals surface area contributed by atoms with Crippen molar-refractivity contribution in [3.05, 3.63) is 66.0 Å². The van der Waals surface area contributed by atoms with E-state index in [2.05, 4.69) is 58.5 Å². The predicted octanol–water partition coefficient (Wildman–Crippen LogP) is 3.41. The van der Waals surface area contributed by atoms with Gasteiger partial charge in [0.25, 0.3) is 0 Å². The van der Waals surface area contributed by atoms with Crippen molar-refractivity contribution in [2.24, 2.45) is 0 Å². The van der Waals surface area contributed by atoms with E-state index >= 15 is 0 Å². The van der Waals surface area contributed by atoms with Crippen molar-refractivity contribution in [2.45, 2.75) is 31.8 Å². The van der Waals surface area contributed by atoms with Crippen molar-refractivity contribution >= 4 is 10.8 Å². The van der Waals surface area contributed by atoms with E-state index in [0.717, 1.165) is 32.5 Å². The van der Waals surface area contributed by atoms with Gasteiger partial charge in [-0.2, -0.15) is 5.10 Å². The number of benzene rings is 2. The maximum atomic E-state index is 9.17. The third kappa shape index (κ3) is 3.60. The van der Waals surface area contributed by atoms with E-state index in [1.54, 1.807) is 0 Å². The van der Waals surface area contributed by atoms with Gasteiger partial charge >= 0.3 is 0 Å². The third-order valence-corrected chi connectivity index (χ3v) is 5.29. The summed E-state index contributed by atoms with van der Waals surface area (Å²) in [6.45, 7) is 3.99. The molecular weight excluding hydrogens is 310 g/mol. The molecule has 2 aromatic carbocycles. The van der Waals surface area contributed by atoms with Gasteiger partial charge in [-0.15, -0.1) is 0 Å². The van der Waals surface area contributed by atoms with Crippen LogP contribution in [0.4, 0.5) is 0 Å². The van der Waals surface area contributed by atoms with Gasteiger partial charge in [-0.05, 0) is 54.4 Å². The Bertz CT molecular complexity index is 834. The molecule has 1 aliphatic heterocycles. The first-order valence-corrected chi connectivity index (χ1v) is 9.16. The van der Waals surface area contributed by atoms with Crippen LogP contribution >= 0.6 is 0 Å². The van der Waals surface area contributed by atoms with Crippen LogP contribution in [0.3, 0.4) is 0 Å². The van der Waals surface area contributed by atoms with Crippen LogP contribution in [0, 0.1) is 0 Å². The number of hydrogen-bond donors (Lipinski definition) is 1. The van der Waals surface area contributed by atoms with Gasteiger partial charge < -0.3 is 5.11 Å². The van der Waals surface area contributed by atoms with Gasteiger partial charge in [-0.1, -0.05) is 36.4 Å². The zero-order chi connectivity index (χ0) is 17.1. The molecule has 1 fully saturated rings. The Kier molecular flexibility index (Phi) is 4.81. The Labute approximate surface area is 148 Å². The van der Waals surface area contributed by atoms with Crippen molar-refractivity contribution in [1.82, 2.24) is 14.7 Å². The Morgan fingerprint density at radius 3 is 2.60 bits per heavy atom.